The van der Waals surface area contributed by atoms with Crippen LogP contribution in [0.1, 0.15) is 15.9 Å². The minimum Gasteiger partial charge on any atom is -0.384 e. The Bertz CT molecular complexity index is 590. The SMILES string of the molecule is Cc1ccc(N(C)C(=O)c2cc(N)nc(Cl)c2)cc1. The molecule has 0 bridgehead atoms. The van der Waals surface area contributed by atoms with Crippen LogP contribution in [-0.2, 0) is 0 Å². The number of amides is 1. The minimum absolute atomic E-state index is 0.181. The molecule has 2 N–H and O–H groups in total. The number of halogens is 1. The maximum Gasteiger partial charge on any atom is 0.258 e. The van der Waals surface area contributed by atoms with E-state index in [0.717, 1.165) is 11.3 Å². The molecule has 0 aliphatic heterocycles. The van der Waals surface area contributed by atoms with Gasteiger partial charge in [0.15, 0.2) is 0 Å². The molecule has 1 amide bonds. The number of nitrogens with two attached hydrogens (primary N) is 1. The number of nitrogen functional groups attached to an aromatic ring is 1. The molecule has 4 nitrogen and oxygen atoms in total. The monoisotopic (exact) mass is 275 g/mol. The zero-order valence-electron chi connectivity index (χ0n) is 10.7. The van der Waals surface area contributed by atoms with Gasteiger partial charge in [-0.05, 0) is 31.2 Å². The Kier molecular flexibility index (Phi) is 3.71. The van der Waals surface area contributed by atoms with E-state index >= 15 is 0 Å². The first-order valence-electron chi connectivity index (χ1n) is 5.75. The molecule has 19 heavy (non-hydrogen) atoms. The highest BCUT2D eigenvalue weighted by atomic mass is 35.5. The maximum absolute atomic E-state index is 12.3. The van der Waals surface area contributed by atoms with Gasteiger partial charge in [0.1, 0.15) is 11.0 Å². The van der Waals surface area contributed by atoms with Crippen LogP contribution in [0.5, 0.6) is 0 Å². The van der Waals surface area contributed by atoms with E-state index in [9.17, 15) is 4.79 Å². The molecule has 1 heterocycles. The third kappa shape index (κ3) is 3.03. The van der Waals surface area contributed by atoms with Crippen LogP contribution in [0.15, 0.2) is 36.4 Å². The number of carbonyl (C=O) groups is 1. The van der Waals surface area contributed by atoms with Gasteiger partial charge in [-0.2, -0.15) is 0 Å². The highest BCUT2D eigenvalue weighted by molar-refractivity contribution is 6.30. The number of benzene rings is 1. The molecule has 0 fully saturated rings. The van der Waals surface area contributed by atoms with Crippen LogP contribution in [0.25, 0.3) is 0 Å². The van der Waals surface area contributed by atoms with Crippen LogP contribution < -0.4 is 10.6 Å². The van der Waals surface area contributed by atoms with Crippen LogP contribution in [-0.4, -0.2) is 17.9 Å². The van der Waals surface area contributed by atoms with Crippen LogP contribution in [0.2, 0.25) is 5.15 Å². The summed E-state index contributed by atoms with van der Waals surface area (Å²) in [6.45, 7) is 1.99. The van der Waals surface area contributed by atoms with Crippen molar-refractivity contribution < 1.29 is 4.79 Å². The molecule has 0 unspecified atom stereocenters. The maximum atomic E-state index is 12.3. The second-order valence-electron chi connectivity index (χ2n) is 4.30. The molecule has 0 saturated carbocycles. The zero-order chi connectivity index (χ0) is 14.0. The van der Waals surface area contributed by atoms with Gasteiger partial charge in [-0.1, -0.05) is 29.3 Å². The number of rotatable bonds is 2. The van der Waals surface area contributed by atoms with Gasteiger partial charge >= 0.3 is 0 Å². The fourth-order valence-corrected chi connectivity index (χ4v) is 1.94. The van der Waals surface area contributed by atoms with Crippen molar-refractivity contribution in [2.75, 3.05) is 17.7 Å². The summed E-state index contributed by atoms with van der Waals surface area (Å²) in [4.78, 5) is 17.7. The number of pyridine rings is 1. The molecular formula is C14H14ClN3O. The van der Waals surface area contributed by atoms with Crippen molar-refractivity contribution in [3.63, 3.8) is 0 Å². The summed E-state index contributed by atoms with van der Waals surface area (Å²) in [5.74, 6) is 0.0491. The van der Waals surface area contributed by atoms with E-state index in [2.05, 4.69) is 4.98 Å². The Morgan fingerprint density at radius 3 is 2.47 bits per heavy atom. The number of aryl methyl sites for hydroxylation is 1. The molecule has 0 spiro atoms. The van der Waals surface area contributed by atoms with Gasteiger partial charge in [0.05, 0.1) is 0 Å². The van der Waals surface area contributed by atoms with E-state index in [-0.39, 0.29) is 16.9 Å². The van der Waals surface area contributed by atoms with Crippen LogP contribution in [0, 0.1) is 6.92 Å². The summed E-state index contributed by atoms with van der Waals surface area (Å²) in [7, 11) is 1.71. The van der Waals surface area contributed by atoms with Crippen molar-refractivity contribution in [2.45, 2.75) is 6.92 Å². The molecule has 5 heteroatoms. The molecule has 1 aromatic carbocycles. The molecule has 0 aliphatic rings. The number of hydrogen-bond donors (Lipinski definition) is 1. The highest BCUT2D eigenvalue weighted by Crippen LogP contribution is 2.19. The second-order valence-corrected chi connectivity index (χ2v) is 4.69. The minimum atomic E-state index is -0.181. The van der Waals surface area contributed by atoms with E-state index in [1.165, 1.54) is 12.1 Å². The lowest BCUT2D eigenvalue weighted by Crippen LogP contribution is -2.26. The van der Waals surface area contributed by atoms with Crippen molar-refractivity contribution in [1.29, 1.82) is 0 Å². The summed E-state index contributed by atoms with van der Waals surface area (Å²) < 4.78 is 0. The topological polar surface area (TPSA) is 59.2 Å². The molecule has 0 atom stereocenters. The predicted octanol–water partition coefficient (Wildman–Crippen LogP) is 2.90. The van der Waals surface area contributed by atoms with Gasteiger partial charge in [0, 0.05) is 18.3 Å². The van der Waals surface area contributed by atoms with E-state index in [4.69, 9.17) is 17.3 Å². The van der Waals surface area contributed by atoms with Gasteiger partial charge in [0.25, 0.3) is 5.91 Å². The Hall–Kier alpha value is -2.07. The van der Waals surface area contributed by atoms with Gasteiger partial charge in [0.2, 0.25) is 0 Å². The summed E-state index contributed by atoms with van der Waals surface area (Å²) in [6.07, 6.45) is 0. The third-order valence-electron chi connectivity index (χ3n) is 2.79. The first kappa shape index (κ1) is 13.4. The molecule has 2 rings (SSSR count). The molecular weight excluding hydrogens is 262 g/mol. The van der Waals surface area contributed by atoms with E-state index in [1.807, 2.05) is 31.2 Å². The van der Waals surface area contributed by atoms with Gasteiger partial charge in [-0.25, -0.2) is 4.98 Å². The summed E-state index contributed by atoms with van der Waals surface area (Å²) in [5.41, 5.74) is 7.95. The molecule has 0 radical (unpaired) electrons. The summed E-state index contributed by atoms with van der Waals surface area (Å²) >= 11 is 5.80. The summed E-state index contributed by atoms with van der Waals surface area (Å²) in [5, 5.41) is 0.209. The second kappa shape index (κ2) is 5.28. The van der Waals surface area contributed by atoms with Crippen molar-refractivity contribution >= 4 is 29.0 Å². The average molecular weight is 276 g/mol. The number of nitrogens with zero attached hydrogens (tertiary/aromatic N) is 2. The van der Waals surface area contributed by atoms with Gasteiger partial charge in [-0.3, -0.25) is 4.79 Å². The van der Waals surface area contributed by atoms with E-state index in [1.54, 1.807) is 11.9 Å². The summed E-state index contributed by atoms with van der Waals surface area (Å²) in [6, 6.07) is 10.7. The number of carbonyl (C=O) groups excluding carboxylic acids is 1. The van der Waals surface area contributed by atoms with Crippen LogP contribution in [0.4, 0.5) is 11.5 Å². The first-order chi connectivity index (χ1) is 8.97. The number of aromatic nitrogens is 1. The average Bonchev–Trinajstić information content (AvgIpc) is 2.37. The molecule has 2 aromatic rings. The van der Waals surface area contributed by atoms with Crippen LogP contribution >= 0.6 is 11.6 Å². The Balaban J connectivity index is 2.30. The smallest absolute Gasteiger partial charge is 0.258 e. The van der Waals surface area contributed by atoms with Crippen molar-refractivity contribution in [2.24, 2.45) is 0 Å². The number of hydrogen-bond acceptors (Lipinski definition) is 3. The highest BCUT2D eigenvalue weighted by Gasteiger charge is 2.14. The Labute approximate surface area is 116 Å². The van der Waals surface area contributed by atoms with Gasteiger partial charge < -0.3 is 10.6 Å². The first-order valence-corrected chi connectivity index (χ1v) is 6.13. The number of anilines is 2. The lowest BCUT2D eigenvalue weighted by molar-refractivity contribution is 0.0993. The molecule has 98 valence electrons. The largest absolute Gasteiger partial charge is 0.384 e. The lowest BCUT2D eigenvalue weighted by Gasteiger charge is -2.17. The van der Waals surface area contributed by atoms with Crippen molar-refractivity contribution in [3.05, 3.63) is 52.7 Å². The fourth-order valence-electron chi connectivity index (χ4n) is 1.72. The molecule has 0 aliphatic carbocycles. The fraction of sp³-hybridized carbons (Fsp3) is 0.143. The standard InChI is InChI=1S/C14H14ClN3O/c1-9-3-5-11(6-4-9)18(2)14(19)10-7-12(15)17-13(16)8-10/h3-8H,1-2H3,(H2,16,17). The van der Waals surface area contributed by atoms with E-state index in [0.29, 0.717) is 5.56 Å². The lowest BCUT2D eigenvalue weighted by atomic mass is 10.2. The Morgan fingerprint density at radius 1 is 1.26 bits per heavy atom. The molecule has 0 saturated heterocycles. The van der Waals surface area contributed by atoms with Gasteiger partial charge in [-0.15, -0.1) is 0 Å². The van der Waals surface area contributed by atoms with Crippen molar-refractivity contribution in [3.8, 4) is 0 Å². The van der Waals surface area contributed by atoms with Crippen LogP contribution in [0.3, 0.4) is 0 Å². The molecule has 1 aromatic heterocycles. The predicted molar refractivity (Wildman–Crippen MR) is 77.6 cm³/mol. The third-order valence-corrected chi connectivity index (χ3v) is 2.98. The zero-order valence-corrected chi connectivity index (χ0v) is 11.5. The normalized spacial score (nSPS) is 10.3. The Morgan fingerprint density at radius 2 is 1.89 bits per heavy atom. The van der Waals surface area contributed by atoms with E-state index < -0.39 is 0 Å². The quantitative estimate of drug-likeness (QED) is 0.858. The van der Waals surface area contributed by atoms with Crippen molar-refractivity contribution in [1.82, 2.24) is 4.98 Å².